The Morgan fingerprint density at radius 2 is 2.38 bits per heavy atom. The highest BCUT2D eigenvalue weighted by Gasteiger charge is 2.09. The number of hydrogen-bond acceptors (Lipinski definition) is 4. The molecule has 6 heteroatoms. The molecule has 0 aliphatic rings. The van der Waals surface area contributed by atoms with Crippen molar-refractivity contribution in [1.29, 1.82) is 0 Å². The van der Waals surface area contributed by atoms with Crippen LogP contribution in [0.1, 0.15) is 6.92 Å². The smallest absolute Gasteiger partial charge is 0.167 e. The average molecular weight is 260 g/mol. The molecule has 0 fully saturated rings. The topological polar surface area (TPSA) is 38.7 Å². The molecule has 0 unspecified atom stereocenters. The van der Waals surface area contributed by atoms with Gasteiger partial charge in [0.2, 0.25) is 0 Å². The van der Waals surface area contributed by atoms with Crippen LogP contribution < -0.4 is 4.74 Å². The molecule has 0 bridgehead atoms. The molecule has 16 heavy (non-hydrogen) atoms. The zero-order chi connectivity index (χ0) is 12.1. The lowest BCUT2D eigenvalue weighted by molar-refractivity contribution is -0.118. The molecule has 0 saturated heterocycles. The number of rotatable bonds is 4. The normalized spacial score (nSPS) is 9.44. The summed E-state index contributed by atoms with van der Waals surface area (Å²) in [5.41, 5.74) is -0.0297. The van der Waals surface area contributed by atoms with Gasteiger partial charge in [0.25, 0.3) is 0 Å². The first-order valence-corrected chi connectivity index (χ1v) is 5.02. The molecule has 0 aromatic heterocycles. The summed E-state index contributed by atoms with van der Waals surface area (Å²) in [4.78, 5) is 14.2. The number of carbonyl (C=O) groups excluding carboxylic acids is 1. The monoisotopic (exact) mass is 259 g/mol. The second kappa shape index (κ2) is 5.70. The molecular formula is C10H7ClFNO2S. The van der Waals surface area contributed by atoms with Gasteiger partial charge in [-0.05, 0) is 25.2 Å². The van der Waals surface area contributed by atoms with Crippen LogP contribution in [0.5, 0.6) is 5.75 Å². The molecule has 1 rings (SSSR count). The van der Waals surface area contributed by atoms with Crippen LogP contribution in [0.2, 0.25) is 5.02 Å². The van der Waals surface area contributed by atoms with Crippen LogP contribution in [0.4, 0.5) is 10.1 Å². The van der Waals surface area contributed by atoms with E-state index in [1.54, 1.807) is 0 Å². The Morgan fingerprint density at radius 3 is 2.94 bits per heavy atom. The second-order valence-corrected chi connectivity index (χ2v) is 3.52. The molecule has 0 N–H and O–H groups in total. The molecule has 0 amide bonds. The molecule has 0 heterocycles. The average Bonchev–Trinajstić information content (AvgIpc) is 2.20. The van der Waals surface area contributed by atoms with Crippen LogP contribution in [-0.4, -0.2) is 17.6 Å². The van der Waals surface area contributed by atoms with Crippen molar-refractivity contribution in [3.05, 3.63) is 23.0 Å². The van der Waals surface area contributed by atoms with Gasteiger partial charge in [0.05, 0.1) is 10.2 Å². The Morgan fingerprint density at radius 1 is 1.69 bits per heavy atom. The maximum Gasteiger partial charge on any atom is 0.167 e. The molecule has 3 nitrogen and oxygen atoms in total. The first kappa shape index (κ1) is 12.8. The van der Waals surface area contributed by atoms with Crippen molar-refractivity contribution < 1.29 is 13.9 Å². The summed E-state index contributed by atoms with van der Waals surface area (Å²) in [7, 11) is 0. The minimum absolute atomic E-state index is 0.0297. The van der Waals surface area contributed by atoms with Crippen molar-refractivity contribution in [3.8, 4) is 5.75 Å². The number of benzene rings is 1. The van der Waals surface area contributed by atoms with E-state index in [9.17, 15) is 9.18 Å². The van der Waals surface area contributed by atoms with Gasteiger partial charge in [-0.1, -0.05) is 11.6 Å². The third-order valence-electron chi connectivity index (χ3n) is 1.60. The summed E-state index contributed by atoms with van der Waals surface area (Å²) in [6.45, 7) is 1.24. The summed E-state index contributed by atoms with van der Waals surface area (Å²) in [5, 5.41) is 2.11. The fraction of sp³-hybridized carbons (Fsp3) is 0.200. The number of ether oxygens (including phenoxy) is 1. The highest BCUT2D eigenvalue weighted by atomic mass is 35.5. The molecule has 0 aliphatic carbocycles. The van der Waals surface area contributed by atoms with Gasteiger partial charge >= 0.3 is 0 Å². The zero-order valence-corrected chi connectivity index (χ0v) is 9.86. The van der Waals surface area contributed by atoms with E-state index in [4.69, 9.17) is 16.3 Å². The molecular weight excluding hydrogens is 253 g/mol. The Labute approximate surface area is 102 Å². The summed E-state index contributed by atoms with van der Waals surface area (Å²) >= 11 is 10.1. The molecule has 0 aliphatic heterocycles. The maximum absolute atomic E-state index is 13.2. The van der Waals surface area contributed by atoms with Crippen molar-refractivity contribution in [2.45, 2.75) is 6.92 Å². The van der Waals surface area contributed by atoms with Crippen molar-refractivity contribution in [2.75, 3.05) is 6.61 Å². The van der Waals surface area contributed by atoms with Crippen molar-refractivity contribution >= 4 is 40.5 Å². The van der Waals surface area contributed by atoms with E-state index < -0.39 is 5.82 Å². The Bertz CT molecular complexity index is 472. The van der Waals surface area contributed by atoms with E-state index >= 15 is 0 Å². The first-order valence-electron chi connectivity index (χ1n) is 4.23. The van der Waals surface area contributed by atoms with Gasteiger partial charge in [-0.3, -0.25) is 4.79 Å². The lowest BCUT2D eigenvalue weighted by atomic mass is 10.3. The molecule has 84 valence electrons. The molecule has 0 spiro atoms. The van der Waals surface area contributed by atoms with Gasteiger partial charge in [0, 0.05) is 6.07 Å². The van der Waals surface area contributed by atoms with Crippen molar-refractivity contribution in [2.24, 2.45) is 4.99 Å². The predicted molar refractivity (Wildman–Crippen MR) is 62.3 cm³/mol. The second-order valence-electron chi connectivity index (χ2n) is 2.93. The summed E-state index contributed by atoms with van der Waals surface area (Å²) in [6, 6.07) is 2.31. The number of hydrogen-bond donors (Lipinski definition) is 0. The van der Waals surface area contributed by atoms with Gasteiger partial charge in [-0.2, -0.15) is 4.99 Å². The zero-order valence-electron chi connectivity index (χ0n) is 8.29. The van der Waals surface area contributed by atoms with Crippen LogP contribution in [0.3, 0.4) is 0 Å². The van der Waals surface area contributed by atoms with Crippen LogP contribution >= 0.6 is 23.8 Å². The molecule has 1 aromatic rings. The predicted octanol–water partition coefficient (Wildman–Crippen LogP) is 3.18. The lowest BCUT2D eigenvalue weighted by Crippen LogP contribution is -2.06. The number of nitrogens with zero attached hydrogens (tertiary/aromatic N) is 1. The van der Waals surface area contributed by atoms with E-state index in [-0.39, 0.29) is 28.8 Å². The number of Topliss-reactive ketones (excluding diaryl/α,β-unsaturated/α-hetero) is 1. The van der Waals surface area contributed by atoms with Crippen LogP contribution in [-0.2, 0) is 4.79 Å². The Hall–Kier alpha value is -1.29. The molecule has 0 radical (unpaired) electrons. The highest BCUT2D eigenvalue weighted by molar-refractivity contribution is 7.78. The number of isothiocyanates is 1. The first-order chi connectivity index (χ1) is 7.54. The number of thiocarbonyl (C=S) groups is 1. The van der Waals surface area contributed by atoms with E-state index in [0.29, 0.717) is 0 Å². The minimum Gasteiger partial charge on any atom is -0.484 e. The number of carbonyl (C=O) groups is 1. The molecule has 0 saturated carbocycles. The van der Waals surface area contributed by atoms with E-state index in [1.807, 2.05) is 5.16 Å². The molecule has 1 aromatic carbocycles. The van der Waals surface area contributed by atoms with Crippen molar-refractivity contribution in [1.82, 2.24) is 0 Å². The summed E-state index contributed by atoms with van der Waals surface area (Å²) in [5.74, 6) is -0.611. The summed E-state index contributed by atoms with van der Waals surface area (Å²) < 4.78 is 18.3. The SMILES string of the molecule is CC(=O)COc1cc(N=C=S)c(F)cc1Cl. The van der Waals surface area contributed by atoms with Gasteiger partial charge in [-0.15, -0.1) is 0 Å². The Kier molecular flexibility index (Phi) is 4.55. The number of halogens is 2. The molecule has 0 atom stereocenters. The number of ketones is 1. The highest BCUT2D eigenvalue weighted by Crippen LogP contribution is 2.31. The van der Waals surface area contributed by atoms with Crippen LogP contribution in [0.25, 0.3) is 0 Å². The standard InChI is InChI=1S/C10H7ClFNO2S/c1-6(14)4-15-10-3-9(13-5-16)8(12)2-7(10)11/h2-3H,4H2,1H3. The Balaban J connectivity index is 3.04. The third-order valence-corrected chi connectivity index (χ3v) is 1.99. The third kappa shape index (κ3) is 3.38. The van der Waals surface area contributed by atoms with Gasteiger partial charge in [0.1, 0.15) is 18.0 Å². The minimum atomic E-state index is -0.627. The quantitative estimate of drug-likeness (QED) is 0.616. The van der Waals surface area contributed by atoms with Gasteiger partial charge < -0.3 is 4.74 Å². The van der Waals surface area contributed by atoms with Crippen LogP contribution in [0, 0.1) is 5.82 Å². The van der Waals surface area contributed by atoms with Gasteiger partial charge in [-0.25, -0.2) is 4.39 Å². The largest absolute Gasteiger partial charge is 0.484 e. The van der Waals surface area contributed by atoms with E-state index in [1.165, 1.54) is 13.0 Å². The van der Waals surface area contributed by atoms with Crippen LogP contribution in [0.15, 0.2) is 17.1 Å². The summed E-state index contributed by atoms with van der Waals surface area (Å²) in [6.07, 6.45) is 0. The fourth-order valence-electron chi connectivity index (χ4n) is 0.943. The number of aliphatic imine (C=N–C) groups is 1. The van der Waals surface area contributed by atoms with Gasteiger partial charge in [0.15, 0.2) is 11.6 Å². The lowest BCUT2D eigenvalue weighted by Gasteiger charge is -2.07. The maximum atomic E-state index is 13.2. The van der Waals surface area contributed by atoms with E-state index in [2.05, 4.69) is 17.2 Å². The van der Waals surface area contributed by atoms with E-state index in [0.717, 1.165) is 6.07 Å². The fourth-order valence-corrected chi connectivity index (χ4v) is 1.25. The van der Waals surface area contributed by atoms with Crippen molar-refractivity contribution in [3.63, 3.8) is 0 Å².